The van der Waals surface area contributed by atoms with E-state index in [-0.39, 0.29) is 12.5 Å². The van der Waals surface area contributed by atoms with Gasteiger partial charge in [-0.2, -0.15) is 0 Å². The van der Waals surface area contributed by atoms with Crippen molar-refractivity contribution in [3.8, 4) is 0 Å². The van der Waals surface area contributed by atoms with E-state index in [1.807, 2.05) is 30.3 Å². The van der Waals surface area contributed by atoms with Gasteiger partial charge in [-0.1, -0.05) is 62.2 Å². The van der Waals surface area contributed by atoms with Crippen molar-refractivity contribution in [1.29, 1.82) is 0 Å². The van der Waals surface area contributed by atoms with Gasteiger partial charge in [0.2, 0.25) is 0 Å². The smallest absolute Gasteiger partial charge is 0.0465 e. The van der Waals surface area contributed by atoms with Crippen molar-refractivity contribution in [3.63, 3.8) is 0 Å². The molecule has 0 bridgehead atoms. The van der Waals surface area contributed by atoms with Gasteiger partial charge in [-0.15, -0.1) is 0 Å². The Morgan fingerprint density at radius 1 is 0.895 bits per heavy atom. The highest BCUT2D eigenvalue weighted by Crippen LogP contribution is 2.22. The predicted octanol–water partition coefficient (Wildman–Crippen LogP) is 4.61. The lowest BCUT2D eigenvalue weighted by atomic mass is 9.93. The van der Waals surface area contributed by atoms with Gasteiger partial charge in [0.15, 0.2) is 0 Å². The van der Waals surface area contributed by atoms with Crippen LogP contribution in [-0.2, 0) is 12.8 Å². The van der Waals surface area contributed by atoms with E-state index in [0.717, 1.165) is 21.8 Å². The first kappa shape index (κ1) is 14.8. The molecule has 2 rings (SSSR count). The van der Waals surface area contributed by atoms with Gasteiger partial charge in [0.1, 0.15) is 0 Å². The summed E-state index contributed by atoms with van der Waals surface area (Å²) in [5, 5.41) is 9.57. The molecule has 0 aliphatic carbocycles. The van der Waals surface area contributed by atoms with Crippen molar-refractivity contribution in [2.45, 2.75) is 12.8 Å². The average molecular weight is 384 g/mol. The maximum atomic E-state index is 9.57. The molecule has 0 aromatic heterocycles. The van der Waals surface area contributed by atoms with Gasteiger partial charge >= 0.3 is 0 Å². The van der Waals surface area contributed by atoms with E-state index in [0.29, 0.717) is 0 Å². The fraction of sp³-hybridized carbons (Fsp3) is 0.250. The maximum Gasteiger partial charge on any atom is 0.0465 e. The summed E-state index contributed by atoms with van der Waals surface area (Å²) >= 11 is 7.00. The quantitative estimate of drug-likeness (QED) is 0.799. The molecule has 0 amide bonds. The normalized spacial score (nSPS) is 12.4. The van der Waals surface area contributed by atoms with Gasteiger partial charge in [0, 0.05) is 15.6 Å². The van der Waals surface area contributed by atoms with Crippen molar-refractivity contribution in [1.82, 2.24) is 0 Å². The third-order valence-corrected chi connectivity index (χ3v) is 4.46. The monoisotopic (exact) mass is 382 g/mol. The van der Waals surface area contributed by atoms with Gasteiger partial charge in [-0.3, -0.25) is 0 Å². The molecule has 0 spiro atoms. The molecular weight excluding hydrogens is 368 g/mol. The molecular formula is C16H16Br2O. The van der Waals surface area contributed by atoms with Crippen LogP contribution in [0.2, 0.25) is 0 Å². The minimum absolute atomic E-state index is 0.206. The van der Waals surface area contributed by atoms with Gasteiger partial charge < -0.3 is 5.11 Å². The van der Waals surface area contributed by atoms with Crippen molar-refractivity contribution in [2.75, 3.05) is 6.61 Å². The van der Waals surface area contributed by atoms with Crippen LogP contribution in [-0.4, -0.2) is 11.7 Å². The zero-order chi connectivity index (χ0) is 13.7. The Balaban J connectivity index is 2.05. The van der Waals surface area contributed by atoms with E-state index in [4.69, 9.17) is 0 Å². The van der Waals surface area contributed by atoms with E-state index in [9.17, 15) is 5.11 Å². The number of aliphatic hydroxyl groups excluding tert-OH is 1. The molecule has 3 heteroatoms. The van der Waals surface area contributed by atoms with Crippen molar-refractivity contribution < 1.29 is 5.11 Å². The molecule has 1 nitrogen and oxygen atoms in total. The van der Waals surface area contributed by atoms with Crippen molar-refractivity contribution >= 4 is 31.9 Å². The highest BCUT2D eigenvalue weighted by Gasteiger charge is 2.11. The zero-order valence-electron chi connectivity index (χ0n) is 10.5. The second kappa shape index (κ2) is 7.22. The molecule has 100 valence electrons. The van der Waals surface area contributed by atoms with Crippen LogP contribution in [0, 0.1) is 5.92 Å². The lowest BCUT2D eigenvalue weighted by Crippen LogP contribution is -2.13. The summed E-state index contributed by atoms with van der Waals surface area (Å²) < 4.78 is 2.20. The van der Waals surface area contributed by atoms with E-state index in [1.54, 1.807) is 0 Å². The highest BCUT2D eigenvalue weighted by molar-refractivity contribution is 9.10. The molecule has 1 N–H and O–H groups in total. The number of benzene rings is 2. The first-order valence-corrected chi connectivity index (χ1v) is 7.86. The van der Waals surface area contributed by atoms with Crippen LogP contribution < -0.4 is 0 Å². The molecule has 1 unspecified atom stereocenters. The number of aliphatic hydroxyl groups is 1. The van der Waals surface area contributed by atoms with Gasteiger partial charge in [0.25, 0.3) is 0 Å². The third kappa shape index (κ3) is 4.44. The highest BCUT2D eigenvalue weighted by atomic mass is 79.9. The lowest BCUT2D eigenvalue weighted by molar-refractivity contribution is 0.225. The minimum Gasteiger partial charge on any atom is -0.396 e. The van der Waals surface area contributed by atoms with Gasteiger partial charge in [0.05, 0.1) is 0 Å². The van der Waals surface area contributed by atoms with Crippen LogP contribution in [0.1, 0.15) is 11.1 Å². The number of halogens is 2. The zero-order valence-corrected chi connectivity index (χ0v) is 13.7. The van der Waals surface area contributed by atoms with Crippen LogP contribution in [0.15, 0.2) is 57.5 Å². The molecule has 0 aliphatic heterocycles. The molecule has 19 heavy (non-hydrogen) atoms. The SMILES string of the molecule is OCC(Cc1ccc(Br)cc1)Cc1ccccc1Br. The summed E-state index contributed by atoms with van der Waals surface area (Å²) in [6, 6.07) is 16.5. The first-order valence-electron chi connectivity index (χ1n) is 6.27. The van der Waals surface area contributed by atoms with E-state index in [2.05, 4.69) is 50.1 Å². The molecule has 2 aromatic carbocycles. The van der Waals surface area contributed by atoms with Crippen molar-refractivity contribution in [2.24, 2.45) is 5.92 Å². The van der Waals surface area contributed by atoms with Crippen LogP contribution >= 0.6 is 31.9 Å². The standard InChI is InChI=1S/C16H16Br2O/c17-15-7-5-12(6-8-15)9-13(11-19)10-14-3-1-2-4-16(14)18/h1-8,13,19H,9-11H2. The molecule has 1 atom stereocenters. The molecule has 0 radical (unpaired) electrons. The second-order valence-corrected chi connectivity index (χ2v) is 6.44. The largest absolute Gasteiger partial charge is 0.396 e. The molecule has 0 aliphatic rings. The molecule has 0 heterocycles. The lowest BCUT2D eigenvalue weighted by Gasteiger charge is -2.15. The summed E-state index contributed by atoms with van der Waals surface area (Å²) in [5.41, 5.74) is 2.51. The van der Waals surface area contributed by atoms with Crippen LogP contribution in [0.3, 0.4) is 0 Å². The fourth-order valence-corrected chi connectivity index (χ4v) is 2.84. The summed E-state index contributed by atoms with van der Waals surface area (Å²) in [6.45, 7) is 0.206. The summed E-state index contributed by atoms with van der Waals surface area (Å²) in [5.74, 6) is 0.250. The first-order chi connectivity index (χ1) is 9.19. The number of hydrogen-bond acceptors (Lipinski definition) is 1. The Bertz CT molecular complexity index is 523. The van der Waals surface area contributed by atoms with Gasteiger partial charge in [-0.05, 0) is 48.1 Å². The summed E-state index contributed by atoms with van der Waals surface area (Å²) in [4.78, 5) is 0. The maximum absolute atomic E-state index is 9.57. The summed E-state index contributed by atoms with van der Waals surface area (Å²) in [6.07, 6.45) is 1.78. The Kier molecular flexibility index (Phi) is 5.61. The fourth-order valence-electron chi connectivity index (χ4n) is 2.13. The van der Waals surface area contributed by atoms with E-state index >= 15 is 0 Å². The third-order valence-electron chi connectivity index (χ3n) is 3.16. The van der Waals surface area contributed by atoms with Gasteiger partial charge in [-0.25, -0.2) is 0 Å². The Labute approximate surface area is 130 Å². The Morgan fingerprint density at radius 2 is 1.58 bits per heavy atom. The van der Waals surface area contributed by atoms with Crippen LogP contribution in [0.4, 0.5) is 0 Å². The minimum atomic E-state index is 0.206. The van der Waals surface area contributed by atoms with Crippen molar-refractivity contribution in [3.05, 3.63) is 68.6 Å². The second-order valence-electron chi connectivity index (χ2n) is 4.67. The molecule has 0 saturated heterocycles. The molecule has 0 saturated carbocycles. The predicted molar refractivity (Wildman–Crippen MR) is 86.3 cm³/mol. The van der Waals surface area contributed by atoms with E-state index in [1.165, 1.54) is 11.1 Å². The molecule has 2 aromatic rings. The average Bonchev–Trinajstić information content (AvgIpc) is 2.43. The summed E-state index contributed by atoms with van der Waals surface area (Å²) in [7, 11) is 0. The van der Waals surface area contributed by atoms with Crippen LogP contribution in [0.25, 0.3) is 0 Å². The topological polar surface area (TPSA) is 20.2 Å². The van der Waals surface area contributed by atoms with Crippen LogP contribution in [0.5, 0.6) is 0 Å². The van der Waals surface area contributed by atoms with E-state index < -0.39 is 0 Å². The number of hydrogen-bond donors (Lipinski definition) is 1. The Hall–Kier alpha value is -0.640. The Morgan fingerprint density at radius 3 is 2.21 bits per heavy atom. The molecule has 0 fully saturated rings. The number of rotatable bonds is 5.